The predicted molar refractivity (Wildman–Crippen MR) is 129 cm³/mol. The highest BCUT2D eigenvalue weighted by atomic mass is 32.3. The quantitative estimate of drug-likeness (QED) is 0.0832. The zero-order valence-corrected chi connectivity index (χ0v) is 24.0. The molecule has 4 unspecified atom stereocenters. The molecule has 2 saturated heterocycles. The topological polar surface area (TPSA) is 308 Å². The Morgan fingerprint density at radius 1 is 0.829 bits per heavy atom. The van der Waals surface area contributed by atoms with Crippen LogP contribution in [0.2, 0.25) is 0 Å². The average molecular weight is 664 g/mol. The first-order chi connectivity index (χ1) is 18.8. The first-order valence-electron chi connectivity index (χ1n) is 11.8. The van der Waals surface area contributed by atoms with Gasteiger partial charge in [-0.25, -0.2) is 13.2 Å². The minimum Gasteiger partial charge on any atom is -0.479 e. The van der Waals surface area contributed by atoms with Gasteiger partial charge in [0.25, 0.3) is 0 Å². The van der Waals surface area contributed by atoms with Crippen LogP contribution in [0.4, 0.5) is 0 Å². The van der Waals surface area contributed by atoms with Crippen molar-refractivity contribution in [3.8, 4) is 0 Å². The molecular formula is C18H33NO19S3. The molecule has 0 aromatic carbocycles. The van der Waals surface area contributed by atoms with Gasteiger partial charge in [0.15, 0.2) is 6.10 Å². The second-order valence-corrected chi connectivity index (χ2v) is 12.5. The molecule has 0 aromatic rings. The van der Waals surface area contributed by atoms with Gasteiger partial charge < -0.3 is 34.3 Å². The van der Waals surface area contributed by atoms with Crippen molar-refractivity contribution in [2.24, 2.45) is 11.8 Å². The summed E-state index contributed by atoms with van der Waals surface area (Å²) in [5, 5.41) is 31.1. The minimum absolute atomic E-state index is 0.00287. The number of carboxylic acid groups (broad SMARTS) is 1. The van der Waals surface area contributed by atoms with Gasteiger partial charge in [0.2, 0.25) is 0 Å². The second-order valence-electron chi connectivity index (χ2n) is 9.18. The van der Waals surface area contributed by atoms with E-state index < -0.39 is 117 Å². The molecule has 10 atom stereocenters. The lowest BCUT2D eigenvalue weighted by Crippen LogP contribution is -2.64. The van der Waals surface area contributed by atoms with Crippen LogP contribution < -0.4 is 4.72 Å². The summed E-state index contributed by atoms with van der Waals surface area (Å²) in [6.07, 6.45) is -11.5. The largest absolute Gasteiger partial charge is 0.479 e. The van der Waals surface area contributed by atoms with Gasteiger partial charge in [0, 0.05) is 18.9 Å². The summed E-state index contributed by atoms with van der Waals surface area (Å²) >= 11 is 0. The van der Waals surface area contributed by atoms with Crippen molar-refractivity contribution in [1.82, 2.24) is 4.72 Å². The maximum atomic E-state index is 11.7. The van der Waals surface area contributed by atoms with Crippen LogP contribution in [0.15, 0.2) is 0 Å². The van der Waals surface area contributed by atoms with Gasteiger partial charge in [-0.1, -0.05) is 6.92 Å². The highest BCUT2D eigenvalue weighted by Crippen LogP contribution is 2.33. The Bertz CT molecular complexity index is 1190. The number of aliphatic hydroxyl groups is 2. The molecule has 0 bridgehead atoms. The molecule has 0 spiro atoms. The number of nitrogens with one attached hydrogen (secondary N) is 1. The van der Waals surface area contributed by atoms with Gasteiger partial charge in [-0.05, 0) is 6.42 Å². The molecule has 0 saturated carbocycles. The maximum Gasteiger partial charge on any atom is 0.397 e. The number of methoxy groups -OCH3 is 1. The van der Waals surface area contributed by atoms with E-state index in [9.17, 15) is 49.9 Å². The van der Waals surface area contributed by atoms with Crippen LogP contribution in [0.3, 0.4) is 0 Å². The summed E-state index contributed by atoms with van der Waals surface area (Å²) in [6, 6.07) is -1.59. The smallest absolute Gasteiger partial charge is 0.397 e. The Balaban J connectivity index is 2.31. The molecule has 2 heterocycles. The third kappa shape index (κ3) is 10.8. The number of ether oxygens (including phenoxy) is 4. The standard InChI is InChI=1S/C18H33NO19S3/c1-3-8-15(21)17(38-41(30,31)32)12(37-16(8)18(22)23)6-34-4-9-10(7-35-40(27,28)29)36-11(5-33-2)13(14(9)20)19-39(24,25)26/h8-17,19-21H,3-7H2,1-2H3,(H,22,23)(H,24,25,26)(H,27,28,29)(H,30,31,32)/t8-,9+,10?,11+,12+,13?,14+,15+,16?,17?/m0/s1. The second kappa shape index (κ2) is 14.5. The van der Waals surface area contributed by atoms with E-state index in [4.69, 9.17) is 28.1 Å². The van der Waals surface area contributed by atoms with Crippen LogP contribution in [0.1, 0.15) is 13.3 Å². The molecule has 2 fully saturated rings. The van der Waals surface area contributed by atoms with Gasteiger partial charge in [-0.2, -0.15) is 30.0 Å². The summed E-state index contributed by atoms with van der Waals surface area (Å²) in [5.41, 5.74) is 0. The molecule has 20 nitrogen and oxygen atoms in total. The Morgan fingerprint density at radius 2 is 1.46 bits per heavy atom. The van der Waals surface area contributed by atoms with Crippen LogP contribution >= 0.6 is 0 Å². The lowest BCUT2D eigenvalue weighted by molar-refractivity contribution is -0.222. The van der Waals surface area contributed by atoms with Gasteiger partial charge in [-0.15, -0.1) is 0 Å². The third-order valence-electron chi connectivity index (χ3n) is 6.42. The molecule has 242 valence electrons. The molecule has 2 rings (SSSR count). The zero-order chi connectivity index (χ0) is 31.3. The lowest BCUT2D eigenvalue weighted by atomic mass is 9.84. The SMILES string of the molecule is CC[C@@H]1C(C(=O)O)O[C@H](COC[C@@H]2C(COS(=O)(=O)O)O[C@H](COC)C(NS(=O)(=O)O)[C@@H]2O)C(OS(=O)(=O)O)[C@@H]1O. The van der Waals surface area contributed by atoms with E-state index in [1.54, 1.807) is 4.72 Å². The van der Waals surface area contributed by atoms with Gasteiger partial charge in [0.05, 0.1) is 50.8 Å². The molecular weight excluding hydrogens is 630 g/mol. The van der Waals surface area contributed by atoms with Crippen molar-refractivity contribution in [1.29, 1.82) is 0 Å². The number of aliphatic carboxylic acids is 1. The van der Waals surface area contributed by atoms with E-state index >= 15 is 0 Å². The molecule has 0 aliphatic carbocycles. The predicted octanol–water partition coefficient (Wildman–Crippen LogP) is -3.60. The first kappa shape index (κ1) is 36.0. The fourth-order valence-corrected chi connectivity index (χ4v) is 6.14. The molecule has 7 N–H and O–H groups in total. The average Bonchev–Trinajstić information content (AvgIpc) is 2.81. The monoisotopic (exact) mass is 663 g/mol. The van der Waals surface area contributed by atoms with Crippen molar-refractivity contribution < 1.29 is 86.3 Å². The summed E-state index contributed by atoms with van der Waals surface area (Å²) < 4.78 is 127. The zero-order valence-electron chi connectivity index (χ0n) is 21.5. The highest BCUT2D eigenvalue weighted by molar-refractivity contribution is 7.83. The number of rotatable bonds is 15. The summed E-state index contributed by atoms with van der Waals surface area (Å²) in [4.78, 5) is 11.7. The van der Waals surface area contributed by atoms with Crippen molar-refractivity contribution in [3.05, 3.63) is 0 Å². The number of hydrogen-bond donors (Lipinski definition) is 7. The maximum absolute atomic E-state index is 11.7. The molecule has 0 amide bonds. The van der Waals surface area contributed by atoms with Crippen LogP contribution in [-0.4, -0.2) is 143 Å². The van der Waals surface area contributed by atoms with Crippen molar-refractivity contribution in [2.75, 3.05) is 33.5 Å². The highest BCUT2D eigenvalue weighted by Gasteiger charge is 2.50. The number of carbonyl (C=O) groups is 1. The number of hydrogen-bond acceptors (Lipinski definition) is 15. The first-order valence-corrected chi connectivity index (χ1v) is 15.9. The van der Waals surface area contributed by atoms with E-state index in [0.29, 0.717) is 0 Å². The number of aliphatic hydroxyl groups excluding tert-OH is 2. The fraction of sp³-hybridized carbons (Fsp3) is 0.944. The van der Waals surface area contributed by atoms with Crippen molar-refractivity contribution in [2.45, 2.75) is 62.1 Å². The van der Waals surface area contributed by atoms with E-state index in [-0.39, 0.29) is 13.0 Å². The molecule has 0 aromatic heterocycles. The van der Waals surface area contributed by atoms with Crippen LogP contribution in [0.5, 0.6) is 0 Å². The summed E-state index contributed by atoms with van der Waals surface area (Å²) in [5.74, 6) is -4.05. The molecule has 0 radical (unpaired) electrons. The third-order valence-corrected chi connectivity index (χ3v) is 7.89. The van der Waals surface area contributed by atoms with Crippen molar-refractivity contribution in [3.63, 3.8) is 0 Å². The Labute approximate surface area is 235 Å². The normalized spacial score (nSPS) is 35.3. The van der Waals surface area contributed by atoms with Gasteiger partial charge in [-0.3, -0.25) is 13.7 Å². The molecule has 2 aliphatic heterocycles. The van der Waals surface area contributed by atoms with Crippen LogP contribution in [0, 0.1) is 11.8 Å². The Kier molecular flexibility index (Phi) is 12.8. The number of carboxylic acids is 1. The Morgan fingerprint density at radius 3 is 1.95 bits per heavy atom. The fourth-order valence-electron chi connectivity index (χ4n) is 4.68. The molecule has 2 aliphatic rings. The van der Waals surface area contributed by atoms with Gasteiger partial charge in [0.1, 0.15) is 18.3 Å². The molecule has 41 heavy (non-hydrogen) atoms. The van der Waals surface area contributed by atoms with E-state index in [1.807, 2.05) is 0 Å². The Hall–Kier alpha value is -1.16. The van der Waals surface area contributed by atoms with E-state index in [2.05, 4.69) is 8.37 Å². The van der Waals surface area contributed by atoms with Crippen molar-refractivity contribution >= 4 is 37.1 Å². The summed E-state index contributed by atoms with van der Waals surface area (Å²) in [6.45, 7) is -1.23. The minimum atomic E-state index is -5.18. The summed E-state index contributed by atoms with van der Waals surface area (Å²) in [7, 11) is -13.9. The molecule has 23 heteroatoms. The lowest BCUT2D eigenvalue weighted by Gasteiger charge is -2.45. The van der Waals surface area contributed by atoms with E-state index in [1.165, 1.54) is 14.0 Å². The van der Waals surface area contributed by atoms with Gasteiger partial charge >= 0.3 is 37.1 Å². The van der Waals surface area contributed by atoms with Crippen LogP contribution in [0.25, 0.3) is 0 Å². The van der Waals surface area contributed by atoms with E-state index in [0.717, 1.165) is 0 Å². The van der Waals surface area contributed by atoms with Crippen LogP contribution in [-0.2, 0) is 63.2 Å².